The van der Waals surface area contributed by atoms with Gasteiger partial charge in [-0.3, -0.25) is 4.90 Å². The van der Waals surface area contributed by atoms with E-state index in [1.54, 1.807) is 6.07 Å². The number of benzene rings is 2. The minimum atomic E-state index is -5.93. The number of halogens is 7. The highest BCUT2D eigenvalue weighted by atomic mass is 19.4. The van der Waals surface area contributed by atoms with E-state index in [-0.39, 0.29) is 18.2 Å². The second-order valence-corrected chi connectivity index (χ2v) is 9.82. The molecule has 39 heavy (non-hydrogen) atoms. The maximum absolute atomic E-state index is 14.5. The van der Waals surface area contributed by atoms with E-state index in [1.807, 2.05) is 4.90 Å². The number of piperidine rings is 1. The molecule has 1 unspecified atom stereocenters. The van der Waals surface area contributed by atoms with E-state index in [4.69, 9.17) is 0 Å². The van der Waals surface area contributed by atoms with Crippen molar-refractivity contribution in [2.45, 2.75) is 56.8 Å². The number of aliphatic hydroxyl groups excluding tert-OH is 1. The zero-order chi connectivity index (χ0) is 29.0. The van der Waals surface area contributed by atoms with Crippen LogP contribution in [0.2, 0.25) is 0 Å². The Morgan fingerprint density at radius 1 is 1.00 bits per heavy atom. The maximum atomic E-state index is 14.5. The molecule has 0 bridgehead atoms. The van der Waals surface area contributed by atoms with Crippen molar-refractivity contribution in [3.05, 3.63) is 65.0 Å². The summed E-state index contributed by atoms with van der Waals surface area (Å²) >= 11 is 0. The van der Waals surface area contributed by atoms with Crippen molar-refractivity contribution in [1.82, 2.24) is 10.2 Å². The molecule has 0 spiro atoms. The van der Waals surface area contributed by atoms with Gasteiger partial charge in [-0.25, -0.2) is 9.18 Å². The molecular formula is C26H30F7N3O3. The van der Waals surface area contributed by atoms with Gasteiger partial charge in [-0.15, -0.1) is 0 Å². The first-order valence-corrected chi connectivity index (χ1v) is 12.3. The highest BCUT2D eigenvalue weighted by Gasteiger charge is 2.71. The molecule has 1 aliphatic heterocycles. The number of amides is 2. The van der Waals surface area contributed by atoms with Crippen LogP contribution in [-0.2, 0) is 18.6 Å². The zero-order valence-corrected chi connectivity index (χ0v) is 21.0. The molecular weight excluding hydrogens is 535 g/mol. The van der Waals surface area contributed by atoms with E-state index in [0.717, 1.165) is 30.5 Å². The van der Waals surface area contributed by atoms with Crippen LogP contribution in [0, 0.1) is 11.7 Å². The van der Waals surface area contributed by atoms with E-state index in [0.29, 0.717) is 43.8 Å². The van der Waals surface area contributed by atoms with Gasteiger partial charge in [0.1, 0.15) is 5.82 Å². The number of anilines is 1. The van der Waals surface area contributed by atoms with Gasteiger partial charge in [-0.05, 0) is 68.5 Å². The number of carbonyl (C=O) groups excluding carboxylic acids is 1. The molecule has 1 aliphatic rings. The number of aliphatic hydroxyl groups is 2. The second kappa shape index (κ2) is 12.1. The highest BCUT2D eigenvalue weighted by molar-refractivity contribution is 5.89. The predicted octanol–water partition coefficient (Wildman–Crippen LogP) is 5.09. The lowest BCUT2D eigenvalue weighted by Crippen LogP contribution is -2.53. The van der Waals surface area contributed by atoms with E-state index in [2.05, 4.69) is 10.6 Å². The minimum Gasteiger partial charge on any atom is -0.392 e. The fourth-order valence-electron chi connectivity index (χ4n) is 4.47. The molecule has 0 aromatic heterocycles. The molecule has 3 rings (SSSR count). The standard InChI is InChI=1S/C26H30F7N3O3/c1-16(37)14-34-23(38)35-22-7-4-19(13-21(22)27)12-17-8-10-36(11-9-17)15-18-2-5-20(6-3-18)24(39,25(28,29)30)26(31,32)33/h2-7,13,16-17,37,39H,8-12,14-15H2,1H3,(H2,34,35,38). The molecule has 2 amide bonds. The van der Waals surface area contributed by atoms with Crippen LogP contribution in [0.3, 0.4) is 0 Å². The van der Waals surface area contributed by atoms with Crippen molar-refractivity contribution >= 4 is 11.7 Å². The molecule has 1 fully saturated rings. The summed E-state index contributed by atoms with van der Waals surface area (Å²) in [5.41, 5.74) is -4.98. The van der Waals surface area contributed by atoms with E-state index < -0.39 is 41.5 Å². The first-order valence-electron chi connectivity index (χ1n) is 12.3. The molecule has 6 nitrogen and oxygen atoms in total. The quantitative estimate of drug-likeness (QED) is 0.336. The van der Waals surface area contributed by atoms with Crippen molar-refractivity contribution in [2.75, 3.05) is 25.0 Å². The molecule has 13 heteroatoms. The molecule has 2 aromatic carbocycles. The zero-order valence-electron chi connectivity index (χ0n) is 21.0. The number of urea groups is 1. The molecule has 1 atom stereocenters. The molecule has 1 heterocycles. The normalized spacial score (nSPS) is 16.7. The summed E-state index contributed by atoms with van der Waals surface area (Å²) in [5.74, 6) is -0.353. The van der Waals surface area contributed by atoms with Gasteiger partial charge >= 0.3 is 18.4 Å². The van der Waals surface area contributed by atoms with Crippen molar-refractivity contribution < 1.29 is 45.7 Å². The highest BCUT2D eigenvalue weighted by Crippen LogP contribution is 2.50. The van der Waals surface area contributed by atoms with Crippen LogP contribution in [0.1, 0.15) is 36.5 Å². The van der Waals surface area contributed by atoms with E-state index in [1.165, 1.54) is 19.1 Å². The number of nitrogens with zero attached hydrogens (tertiary/aromatic N) is 1. The van der Waals surface area contributed by atoms with Crippen molar-refractivity contribution in [3.63, 3.8) is 0 Å². The van der Waals surface area contributed by atoms with E-state index in [9.17, 15) is 45.7 Å². The number of alkyl halides is 6. The van der Waals surface area contributed by atoms with E-state index >= 15 is 0 Å². The third-order valence-electron chi connectivity index (χ3n) is 6.67. The molecule has 216 valence electrons. The van der Waals surface area contributed by atoms with Crippen LogP contribution >= 0.6 is 0 Å². The number of nitrogens with one attached hydrogen (secondary N) is 2. The van der Waals surface area contributed by atoms with Gasteiger partial charge in [-0.1, -0.05) is 30.3 Å². The van der Waals surface area contributed by atoms with Gasteiger partial charge in [0.05, 0.1) is 11.8 Å². The Kier molecular flexibility index (Phi) is 9.50. The lowest BCUT2D eigenvalue weighted by Gasteiger charge is -2.33. The number of likely N-dealkylation sites (tertiary alicyclic amines) is 1. The van der Waals surface area contributed by atoms with Crippen LogP contribution in [-0.4, -0.2) is 59.2 Å². The van der Waals surface area contributed by atoms with Crippen LogP contribution in [0.15, 0.2) is 42.5 Å². The molecule has 2 aromatic rings. The van der Waals surface area contributed by atoms with Crippen LogP contribution in [0.4, 0.5) is 41.2 Å². The monoisotopic (exact) mass is 565 g/mol. The number of rotatable bonds is 8. The third-order valence-corrected chi connectivity index (χ3v) is 6.67. The Labute approximate surface area is 220 Å². The summed E-state index contributed by atoms with van der Waals surface area (Å²) in [6.45, 7) is 3.10. The van der Waals surface area contributed by atoms with Gasteiger partial charge in [0.25, 0.3) is 5.60 Å². The van der Waals surface area contributed by atoms with Crippen LogP contribution in [0.5, 0.6) is 0 Å². The van der Waals surface area contributed by atoms with Crippen molar-refractivity contribution in [3.8, 4) is 0 Å². The molecule has 0 radical (unpaired) electrons. The molecule has 0 saturated carbocycles. The van der Waals surface area contributed by atoms with Gasteiger partial charge in [-0.2, -0.15) is 26.3 Å². The smallest absolute Gasteiger partial charge is 0.392 e. The van der Waals surface area contributed by atoms with Crippen LogP contribution in [0.25, 0.3) is 0 Å². The average molecular weight is 566 g/mol. The average Bonchev–Trinajstić information content (AvgIpc) is 2.84. The fourth-order valence-corrected chi connectivity index (χ4v) is 4.47. The summed E-state index contributed by atoms with van der Waals surface area (Å²) < 4.78 is 92.9. The Morgan fingerprint density at radius 3 is 2.08 bits per heavy atom. The third kappa shape index (κ3) is 7.61. The molecule has 1 saturated heterocycles. The first-order chi connectivity index (χ1) is 18.1. The van der Waals surface area contributed by atoms with Gasteiger partial charge < -0.3 is 20.8 Å². The predicted molar refractivity (Wildman–Crippen MR) is 129 cm³/mol. The number of hydrogen-bond donors (Lipinski definition) is 4. The summed E-state index contributed by atoms with van der Waals surface area (Å²) in [6.07, 6.45) is -10.5. The van der Waals surface area contributed by atoms with Crippen LogP contribution < -0.4 is 10.6 Å². The minimum absolute atomic E-state index is 0.00610. The van der Waals surface area contributed by atoms with Crippen molar-refractivity contribution in [1.29, 1.82) is 0 Å². The molecule has 0 aliphatic carbocycles. The topological polar surface area (TPSA) is 84.8 Å². The Morgan fingerprint density at radius 2 is 1.56 bits per heavy atom. The SMILES string of the molecule is CC(O)CNC(=O)Nc1ccc(CC2CCN(Cc3ccc(C(O)(C(F)(F)F)C(F)(F)F)cc3)CC2)cc1F. The Bertz CT molecular complexity index is 1100. The summed E-state index contributed by atoms with van der Waals surface area (Å²) in [5, 5.41) is 23.5. The Hall–Kier alpha value is -2.90. The molecule has 4 N–H and O–H groups in total. The van der Waals surface area contributed by atoms with Gasteiger partial charge in [0, 0.05) is 18.7 Å². The maximum Gasteiger partial charge on any atom is 0.430 e. The van der Waals surface area contributed by atoms with Crippen molar-refractivity contribution in [2.24, 2.45) is 5.92 Å². The lowest BCUT2D eigenvalue weighted by atomic mass is 9.89. The first kappa shape index (κ1) is 30.6. The second-order valence-electron chi connectivity index (χ2n) is 9.82. The lowest BCUT2D eigenvalue weighted by molar-refractivity contribution is -0.376. The van der Waals surface area contributed by atoms with Gasteiger partial charge in [0.15, 0.2) is 0 Å². The fraction of sp³-hybridized carbons (Fsp3) is 0.500. The summed E-state index contributed by atoms with van der Waals surface area (Å²) in [6, 6.07) is 7.47. The largest absolute Gasteiger partial charge is 0.430 e. The summed E-state index contributed by atoms with van der Waals surface area (Å²) in [7, 11) is 0. The Balaban J connectivity index is 1.52. The number of hydrogen-bond acceptors (Lipinski definition) is 4. The number of carbonyl (C=O) groups is 1. The van der Waals surface area contributed by atoms with Gasteiger partial charge in [0.2, 0.25) is 0 Å². The summed E-state index contributed by atoms with van der Waals surface area (Å²) in [4.78, 5) is 13.8.